The Balaban J connectivity index is 2.20. The second kappa shape index (κ2) is 7.95. The number of esters is 1. The number of carbonyl (C=O) groups excluding carboxylic acids is 1. The molecule has 0 bridgehead atoms. The Morgan fingerprint density at radius 1 is 1.33 bits per heavy atom. The fraction of sp³-hybridized carbons (Fsp3) is 0.588. The average Bonchev–Trinajstić information content (AvgIpc) is 2.49. The van der Waals surface area contributed by atoms with Crippen LogP contribution in [0.5, 0.6) is 0 Å². The number of aryl methyl sites for hydroxylation is 1. The molecule has 0 spiro atoms. The van der Waals surface area contributed by atoms with Crippen LogP contribution in [0.15, 0.2) is 22.7 Å². The van der Waals surface area contributed by atoms with E-state index < -0.39 is 0 Å². The molecule has 3 nitrogen and oxygen atoms in total. The highest BCUT2D eigenvalue weighted by molar-refractivity contribution is 9.10. The zero-order valence-electron chi connectivity index (χ0n) is 12.9. The predicted octanol–water partition coefficient (Wildman–Crippen LogP) is 4.24. The Morgan fingerprint density at radius 2 is 2.05 bits per heavy atom. The van der Waals surface area contributed by atoms with E-state index in [-0.39, 0.29) is 12.0 Å². The maximum absolute atomic E-state index is 12.0. The number of nitrogens with zero attached hydrogens (tertiary/aromatic N) is 1. The second-order valence-electron chi connectivity index (χ2n) is 5.63. The van der Waals surface area contributed by atoms with Crippen molar-refractivity contribution in [1.82, 2.24) is 4.90 Å². The van der Waals surface area contributed by atoms with Gasteiger partial charge in [0.1, 0.15) is 0 Å². The predicted molar refractivity (Wildman–Crippen MR) is 88.3 cm³/mol. The summed E-state index contributed by atoms with van der Waals surface area (Å²) in [6.07, 6.45) is 4.16. The molecule has 1 aliphatic heterocycles. The third kappa shape index (κ3) is 4.55. The number of likely N-dealkylation sites (tertiary alicyclic amines) is 1. The number of carbonyl (C=O) groups is 1. The molecule has 116 valence electrons. The molecule has 4 heteroatoms. The van der Waals surface area contributed by atoms with Crippen molar-refractivity contribution in [3.05, 3.63) is 33.8 Å². The Morgan fingerprint density at radius 3 is 2.67 bits per heavy atom. The first kappa shape index (κ1) is 16.5. The van der Waals surface area contributed by atoms with Crippen LogP contribution in [-0.2, 0) is 9.53 Å². The SMILES string of the molecule is CCOC(=O)CC(c1ccc(C)c(Br)c1)N1CCCCC1. The highest BCUT2D eigenvalue weighted by atomic mass is 79.9. The number of hydrogen-bond acceptors (Lipinski definition) is 3. The van der Waals surface area contributed by atoms with E-state index in [9.17, 15) is 4.79 Å². The minimum absolute atomic E-state index is 0.107. The lowest BCUT2D eigenvalue weighted by Crippen LogP contribution is -2.35. The molecule has 0 saturated carbocycles. The Labute approximate surface area is 135 Å². The van der Waals surface area contributed by atoms with Crippen molar-refractivity contribution < 1.29 is 9.53 Å². The maximum atomic E-state index is 12.0. The molecule has 2 rings (SSSR count). The molecule has 1 aromatic carbocycles. The molecule has 0 amide bonds. The number of piperidine rings is 1. The van der Waals surface area contributed by atoms with Gasteiger partial charge in [0.2, 0.25) is 0 Å². The monoisotopic (exact) mass is 353 g/mol. The van der Waals surface area contributed by atoms with E-state index in [4.69, 9.17) is 4.74 Å². The van der Waals surface area contributed by atoms with Crippen molar-refractivity contribution in [2.75, 3.05) is 19.7 Å². The van der Waals surface area contributed by atoms with E-state index in [1.807, 2.05) is 6.92 Å². The molecule has 1 atom stereocenters. The summed E-state index contributed by atoms with van der Waals surface area (Å²) < 4.78 is 6.26. The third-order valence-electron chi connectivity index (χ3n) is 4.08. The van der Waals surface area contributed by atoms with Gasteiger partial charge in [-0.2, -0.15) is 0 Å². The Kier molecular flexibility index (Phi) is 6.24. The normalized spacial score (nSPS) is 17.5. The molecule has 1 saturated heterocycles. The topological polar surface area (TPSA) is 29.5 Å². The first-order valence-electron chi connectivity index (χ1n) is 7.77. The third-order valence-corrected chi connectivity index (χ3v) is 4.93. The molecule has 1 heterocycles. The molecule has 0 aromatic heterocycles. The van der Waals surface area contributed by atoms with Gasteiger partial charge in [-0.15, -0.1) is 0 Å². The van der Waals surface area contributed by atoms with Gasteiger partial charge in [-0.1, -0.05) is 34.5 Å². The fourth-order valence-corrected chi connectivity index (χ4v) is 3.28. The minimum atomic E-state index is -0.107. The minimum Gasteiger partial charge on any atom is -0.466 e. The van der Waals surface area contributed by atoms with Crippen LogP contribution in [0.3, 0.4) is 0 Å². The van der Waals surface area contributed by atoms with Gasteiger partial charge in [-0.3, -0.25) is 9.69 Å². The summed E-state index contributed by atoms with van der Waals surface area (Å²) in [4.78, 5) is 14.4. The van der Waals surface area contributed by atoms with Crippen molar-refractivity contribution in [2.45, 2.75) is 45.6 Å². The second-order valence-corrected chi connectivity index (χ2v) is 6.48. The van der Waals surface area contributed by atoms with E-state index in [0.29, 0.717) is 13.0 Å². The summed E-state index contributed by atoms with van der Waals surface area (Å²) in [6, 6.07) is 6.52. The molecule has 0 radical (unpaired) electrons. The molecule has 1 fully saturated rings. The molecule has 1 aromatic rings. The van der Waals surface area contributed by atoms with Crippen LogP contribution in [-0.4, -0.2) is 30.6 Å². The maximum Gasteiger partial charge on any atom is 0.307 e. The van der Waals surface area contributed by atoms with Gasteiger partial charge < -0.3 is 4.74 Å². The standard InChI is InChI=1S/C17H24BrNO2/c1-3-21-17(20)12-16(19-9-5-4-6-10-19)14-8-7-13(2)15(18)11-14/h7-8,11,16H,3-6,9-10,12H2,1-2H3. The van der Waals surface area contributed by atoms with E-state index in [2.05, 4.69) is 46.0 Å². The van der Waals surface area contributed by atoms with E-state index in [1.54, 1.807) is 0 Å². The molecule has 21 heavy (non-hydrogen) atoms. The summed E-state index contributed by atoms with van der Waals surface area (Å²) in [5.41, 5.74) is 2.41. The van der Waals surface area contributed by atoms with E-state index >= 15 is 0 Å². The number of rotatable bonds is 5. The molecule has 1 unspecified atom stereocenters. The van der Waals surface area contributed by atoms with Gasteiger partial charge >= 0.3 is 5.97 Å². The molecular weight excluding hydrogens is 330 g/mol. The quantitative estimate of drug-likeness (QED) is 0.741. The number of halogens is 1. The zero-order valence-corrected chi connectivity index (χ0v) is 14.5. The number of benzene rings is 1. The van der Waals surface area contributed by atoms with E-state index in [1.165, 1.54) is 30.4 Å². The van der Waals surface area contributed by atoms with Crippen LogP contribution in [0.4, 0.5) is 0 Å². The first-order chi connectivity index (χ1) is 10.1. The van der Waals surface area contributed by atoms with Gasteiger partial charge in [0, 0.05) is 10.5 Å². The summed E-state index contributed by atoms with van der Waals surface area (Å²) in [6.45, 7) is 6.51. The highest BCUT2D eigenvalue weighted by Crippen LogP contribution is 2.30. The van der Waals surface area contributed by atoms with Crippen molar-refractivity contribution >= 4 is 21.9 Å². The lowest BCUT2D eigenvalue weighted by molar-refractivity contribution is -0.144. The van der Waals surface area contributed by atoms with Crippen LogP contribution >= 0.6 is 15.9 Å². The smallest absolute Gasteiger partial charge is 0.307 e. The van der Waals surface area contributed by atoms with Crippen molar-refractivity contribution in [3.8, 4) is 0 Å². The van der Waals surface area contributed by atoms with Crippen LogP contribution in [0.25, 0.3) is 0 Å². The Bertz CT molecular complexity index is 484. The summed E-state index contributed by atoms with van der Waals surface area (Å²) >= 11 is 3.60. The van der Waals surface area contributed by atoms with Gasteiger partial charge in [0.25, 0.3) is 0 Å². The highest BCUT2D eigenvalue weighted by Gasteiger charge is 2.25. The van der Waals surface area contributed by atoms with Crippen LogP contribution in [0, 0.1) is 6.92 Å². The van der Waals surface area contributed by atoms with Crippen molar-refractivity contribution in [2.24, 2.45) is 0 Å². The Hall–Kier alpha value is -0.870. The van der Waals surface area contributed by atoms with Crippen molar-refractivity contribution in [3.63, 3.8) is 0 Å². The van der Waals surface area contributed by atoms with Gasteiger partial charge in [-0.05, 0) is 57.0 Å². The summed E-state index contributed by atoms with van der Waals surface area (Å²) in [5.74, 6) is -0.107. The van der Waals surface area contributed by atoms with Crippen LogP contribution in [0.2, 0.25) is 0 Å². The van der Waals surface area contributed by atoms with Crippen LogP contribution in [0.1, 0.15) is 49.8 Å². The molecule has 0 N–H and O–H groups in total. The molecule has 0 aliphatic carbocycles. The largest absolute Gasteiger partial charge is 0.466 e. The average molecular weight is 354 g/mol. The summed E-state index contributed by atoms with van der Waals surface area (Å²) in [7, 11) is 0. The van der Waals surface area contributed by atoms with Crippen LogP contribution < -0.4 is 0 Å². The molecular formula is C17H24BrNO2. The molecule has 1 aliphatic rings. The van der Waals surface area contributed by atoms with Gasteiger partial charge in [0.05, 0.1) is 13.0 Å². The first-order valence-corrected chi connectivity index (χ1v) is 8.57. The van der Waals surface area contributed by atoms with Gasteiger partial charge in [-0.25, -0.2) is 0 Å². The summed E-state index contributed by atoms with van der Waals surface area (Å²) in [5, 5.41) is 0. The number of ether oxygens (including phenoxy) is 1. The lowest BCUT2D eigenvalue weighted by Gasteiger charge is -2.34. The van der Waals surface area contributed by atoms with Crippen molar-refractivity contribution in [1.29, 1.82) is 0 Å². The fourth-order valence-electron chi connectivity index (χ4n) is 2.88. The van der Waals surface area contributed by atoms with E-state index in [0.717, 1.165) is 17.6 Å². The zero-order chi connectivity index (χ0) is 15.2. The lowest BCUT2D eigenvalue weighted by atomic mass is 9.98. The number of hydrogen-bond donors (Lipinski definition) is 0. The van der Waals surface area contributed by atoms with Gasteiger partial charge in [0.15, 0.2) is 0 Å².